The summed E-state index contributed by atoms with van der Waals surface area (Å²) in [4.78, 5) is 13.9. The highest BCUT2D eigenvalue weighted by molar-refractivity contribution is 5.84. The number of nitrogens with one attached hydrogen (secondary N) is 1. The van der Waals surface area contributed by atoms with Crippen molar-refractivity contribution in [1.29, 1.82) is 0 Å². The normalized spacial score (nSPS) is 13.0. The summed E-state index contributed by atoms with van der Waals surface area (Å²) in [6.07, 6.45) is 0.390. The molecule has 1 amide bonds. The number of carbonyl (C=O) groups excluding carboxylic acids is 1. The Morgan fingerprint density at radius 2 is 1.84 bits per heavy atom. The van der Waals surface area contributed by atoms with Gasteiger partial charge in [0, 0.05) is 12.2 Å². The monoisotopic (exact) mass is 348 g/mol. The lowest BCUT2D eigenvalue weighted by molar-refractivity contribution is 0.0636. The summed E-state index contributed by atoms with van der Waals surface area (Å²) in [5.41, 5.74) is 1.35. The molecule has 140 valence electrons. The first-order valence-electron chi connectivity index (χ1n) is 8.66. The molecule has 0 saturated heterocycles. The van der Waals surface area contributed by atoms with Gasteiger partial charge in [-0.15, -0.1) is 0 Å². The van der Waals surface area contributed by atoms with Crippen molar-refractivity contribution in [3.63, 3.8) is 0 Å². The number of nitrogens with zero attached hydrogens (tertiary/aromatic N) is 1. The summed E-state index contributed by atoms with van der Waals surface area (Å²) >= 11 is 0. The quantitative estimate of drug-likeness (QED) is 0.707. The van der Waals surface area contributed by atoms with Crippen molar-refractivity contribution in [2.45, 2.75) is 52.7 Å². The Balaban J connectivity index is 2.57. The van der Waals surface area contributed by atoms with E-state index in [4.69, 9.17) is 4.74 Å². The third kappa shape index (κ3) is 7.61. The molecule has 0 bridgehead atoms. The second kappa shape index (κ2) is 8.90. The summed E-state index contributed by atoms with van der Waals surface area (Å²) < 4.78 is 5.23. The molecule has 1 rings (SSSR count). The Bertz CT molecular complexity index is 574. The Morgan fingerprint density at radius 1 is 1.28 bits per heavy atom. The second-order valence-electron chi connectivity index (χ2n) is 7.73. The summed E-state index contributed by atoms with van der Waals surface area (Å²) in [5.74, 6) is 0.498. The van der Waals surface area contributed by atoms with Crippen LogP contribution in [0.3, 0.4) is 0 Å². The van der Waals surface area contributed by atoms with Crippen LogP contribution in [0.25, 0.3) is 0 Å². The van der Waals surface area contributed by atoms with E-state index in [2.05, 4.69) is 30.6 Å². The first kappa shape index (κ1) is 21.0. The van der Waals surface area contributed by atoms with E-state index in [0.717, 1.165) is 18.5 Å². The zero-order chi connectivity index (χ0) is 19.2. The van der Waals surface area contributed by atoms with Gasteiger partial charge in [-0.25, -0.2) is 4.79 Å². The predicted molar refractivity (Wildman–Crippen MR) is 103 cm³/mol. The van der Waals surface area contributed by atoms with Crippen LogP contribution < -0.4 is 5.32 Å². The summed E-state index contributed by atoms with van der Waals surface area (Å²) in [6.45, 7) is 14.1. The van der Waals surface area contributed by atoms with E-state index in [1.165, 1.54) is 0 Å². The molecule has 1 aromatic rings. The molecule has 0 fully saturated rings. The van der Waals surface area contributed by atoms with Crippen LogP contribution in [-0.4, -0.2) is 41.3 Å². The van der Waals surface area contributed by atoms with Crippen molar-refractivity contribution >= 4 is 11.8 Å². The number of aliphatic hydroxyl groups excluding tert-OH is 1. The fourth-order valence-corrected chi connectivity index (χ4v) is 2.77. The molecule has 2 N–H and O–H groups in total. The maximum Gasteiger partial charge on any atom is 0.412 e. The van der Waals surface area contributed by atoms with E-state index in [1.807, 2.05) is 52.1 Å². The van der Waals surface area contributed by atoms with E-state index >= 15 is 0 Å². The van der Waals surface area contributed by atoms with Gasteiger partial charge in [0.1, 0.15) is 11.4 Å². The molecule has 1 unspecified atom stereocenters. The zero-order valence-electron chi connectivity index (χ0n) is 16.3. The van der Waals surface area contributed by atoms with Crippen LogP contribution in [0.2, 0.25) is 0 Å². The molecule has 1 aromatic carbocycles. The molecular formula is C20H32N2O3. The molecule has 0 aromatic heterocycles. The molecular weight excluding hydrogens is 316 g/mol. The highest BCUT2D eigenvalue weighted by Crippen LogP contribution is 2.17. The van der Waals surface area contributed by atoms with Gasteiger partial charge in [0.25, 0.3) is 0 Å². The number of amides is 1. The van der Waals surface area contributed by atoms with Gasteiger partial charge >= 0.3 is 6.09 Å². The van der Waals surface area contributed by atoms with Crippen molar-refractivity contribution in [2.24, 2.45) is 5.92 Å². The SMILES string of the molecule is C=C(O)C(C(C)C)N(C)CCc1ccc(NC(=O)OC(C)(C)C)cc1. The van der Waals surface area contributed by atoms with Gasteiger partial charge in [-0.05, 0) is 57.9 Å². The van der Waals surface area contributed by atoms with Crippen LogP contribution in [0.5, 0.6) is 0 Å². The number of aliphatic hydroxyl groups is 1. The van der Waals surface area contributed by atoms with Crippen molar-refractivity contribution in [1.82, 2.24) is 4.90 Å². The molecule has 25 heavy (non-hydrogen) atoms. The summed E-state index contributed by atoms with van der Waals surface area (Å²) in [6, 6.07) is 7.65. The number of rotatable bonds is 7. The number of anilines is 1. The smallest absolute Gasteiger partial charge is 0.412 e. The first-order valence-corrected chi connectivity index (χ1v) is 8.66. The first-order chi connectivity index (χ1) is 11.5. The van der Waals surface area contributed by atoms with Crippen molar-refractivity contribution in [3.8, 4) is 0 Å². The number of likely N-dealkylation sites (N-methyl/N-ethyl adjacent to an activating group) is 1. The van der Waals surface area contributed by atoms with Gasteiger partial charge in [-0.3, -0.25) is 10.2 Å². The molecule has 0 aliphatic carbocycles. The van der Waals surface area contributed by atoms with E-state index in [9.17, 15) is 9.90 Å². The van der Waals surface area contributed by atoms with Gasteiger partial charge in [-0.1, -0.05) is 32.6 Å². The molecule has 5 heteroatoms. The van der Waals surface area contributed by atoms with E-state index in [1.54, 1.807) is 0 Å². The molecule has 0 spiro atoms. The fraction of sp³-hybridized carbons (Fsp3) is 0.550. The topological polar surface area (TPSA) is 61.8 Å². The number of carbonyl (C=O) groups is 1. The van der Waals surface area contributed by atoms with Crippen LogP contribution in [0.1, 0.15) is 40.2 Å². The number of hydrogen-bond acceptors (Lipinski definition) is 4. The Labute approximate surface area is 151 Å². The fourth-order valence-electron chi connectivity index (χ4n) is 2.77. The van der Waals surface area contributed by atoms with Crippen LogP contribution in [0.15, 0.2) is 36.6 Å². The molecule has 0 heterocycles. The molecule has 0 aliphatic heterocycles. The van der Waals surface area contributed by atoms with Crippen LogP contribution in [-0.2, 0) is 11.2 Å². The average molecular weight is 348 g/mol. The van der Waals surface area contributed by atoms with Crippen LogP contribution in [0.4, 0.5) is 10.5 Å². The van der Waals surface area contributed by atoms with Gasteiger partial charge in [0.05, 0.1) is 6.04 Å². The van der Waals surface area contributed by atoms with Gasteiger partial charge in [0.15, 0.2) is 0 Å². The molecule has 0 radical (unpaired) electrons. The second-order valence-corrected chi connectivity index (χ2v) is 7.73. The van der Waals surface area contributed by atoms with Gasteiger partial charge < -0.3 is 9.84 Å². The lowest BCUT2D eigenvalue weighted by atomic mass is 10.0. The zero-order valence-corrected chi connectivity index (χ0v) is 16.3. The van der Waals surface area contributed by atoms with Gasteiger partial charge in [-0.2, -0.15) is 0 Å². The maximum atomic E-state index is 11.8. The molecule has 0 saturated carbocycles. The van der Waals surface area contributed by atoms with E-state index in [0.29, 0.717) is 11.6 Å². The lowest BCUT2D eigenvalue weighted by Gasteiger charge is -2.30. The summed E-state index contributed by atoms with van der Waals surface area (Å²) in [7, 11) is 1.99. The maximum absolute atomic E-state index is 11.8. The molecule has 1 atom stereocenters. The third-order valence-corrected chi connectivity index (χ3v) is 3.80. The molecule has 5 nitrogen and oxygen atoms in total. The predicted octanol–water partition coefficient (Wildman–Crippen LogP) is 4.60. The van der Waals surface area contributed by atoms with Crippen LogP contribution >= 0.6 is 0 Å². The minimum Gasteiger partial charge on any atom is -0.511 e. The Morgan fingerprint density at radius 3 is 2.28 bits per heavy atom. The van der Waals surface area contributed by atoms with Crippen molar-refractivity contribution in [3.05, 3.63) is 42.2 Å². The highest BCUT2D eigenvalue weighted by atomic mass is 16.6. The minimum absolute atomic E-state index is 0.0480. The van der Waals surface area contributed by atoms with Crippen molar-refractivity contribution < 1.29 is 14.6 Å². The lowest BCUT2D eigenvalue weighted by Crippen LogP contribution is -2.38. The highest BCUT2D eigenvalue weighted by Gasteiger charge is 2.21. The number of ether oxygens (including phenoxy) is 1. The van der Waals surface area contributed by atoms with Crippen molar-refractivity contribution in [2.75, 3.05) is 18.9 Å². The van der Waals surface area contributed by atoms with Crippen LogP contribution in [0, 0.1) is 5.92 Å². The number of hydrogen-bond donors (Lipinski definition) is 2. The standard InChI is InChI=1S/C20H32N2O3/c1-14(2)18(15(3)23)22(7)13-12-16-8-10-17(11-9-16)21-19(24)25-20(4,5)6/h8-11,14,18,23H,3,12-13H2,1-2,4-7H3,(H,21,24). The average Bonchev–Trinajstić information content (AvgIpc) is 2.43. The molecule has 0 aliphatic rings. The van der Waals surface area contributed by atoms with Gasteiger partial charge in [0.2, 0.25) is 0 Å². The van der Waals surface area contributed by atoms with E-state index < -0.39 is 11.7 Å². The third-order valence-electron chi connectivity index (χ3n) is 3.80. The number of benzene rings is 1. The van der Waals surface area contributed by atoms with E-state index in [-0.39, 0.29) is 11.8 Å². The minimum atomic E-state index is -0.516. The Hall–Kier alpha value is -2.01. The Kier molecular flexibility index (Phi) is 7.49. The summed E-state index contributed by atoms with van der Waals surface area (Å²) in [5, 5.41) is 12.5. The largest absolute Gasteiger partial charge is 0.511 e.